The summed E-state index contributed by atoms with van der Waals surface area (Å²) in [6.45, 7) is 2.23. The zero-order chi connectivity index (χ0) is 10.1. The van der Waals surface area contributed by atoms with Crippen molar-refractivity contribution in [1.82, 2.24) is 0 Å². The number of nitriles is 1. The topological polar surface area (TPSA) is 50.1 Å². The van der Waals surface area contributed by atoms with Crippen molar-refractivity contribution in [2.75, 3.05) is 6.61 Å². The van der Waals surface area contributed by atoms with Gasteiger partial charge < -0.3 is 4.74 Å². The minimum atomic E-state index is -0.147. The predicted octanol–water partition coefficient (Wildman–Crippen LogP) is 1.74. The molecule has 3 nitrogen and oxygen atoms in total. The van der Waals surface area contributed by atoms with E-state index in [9.17, 15) is 4.79 Å². The van der Waals surface area contributed by atoms with Gasteiger partial charge in [-0.05, 0) is 38.0 Å². The Labute approximate surface area is 84.0 Å². The monoisotopic (exact) mass is 193 g/mol. The molecule has 0 unspecified atom stereocenters. The highest BCUT2D eigenvalue weighted by molar-refractivity contribution is 5.74. The average molecular weight is 193 g/mol. The number of carbonyl (C=O) groups excluding carboxylic acids is 1. The van der Waals surface area contributed by atoms with Crippen LogP contribution < -0.4 is 0 Å². The lowest BCUT2D eigenvalue weighted by Crippen LogP contribution is -2.30. The van der Waals surface area contributed by atoms with E-state index < -0.39 is 0 Å². The summed E-state index contributed by atoms with van der Waals surface area (Å²) in [5, 5.41) is 9.02. The largest absolute Gasteiger partial charge is 0.466 e. The molecule has 0 amide bonds. The van der Waals surface area contributed by atoms with Crippen molar-refractivity contribution >= 4 is 5.97 Å². The summed E-state index contributed by atoms with van der Waals surface area (Å²) in [5.41, 5.74) is 0. The molecule has 2 aliphatic carbocycles. The van der Waals surface area contributed by atoms with Crippen molar-refractivity contribution in [3.05, 3.63) is 0 Å². The van der Waals surface area contributed by atoms with Crippen molar-refractivity contribution in [1.29, 1.82) is 5.26 Å². The molecule has 2 fully saturated rings. The van der Waals surface area contributed by atoms with Crippen LogP contribution in [0.2, 0.25) is 0 Å². The SMILES string of the molecule is CCOC(=O)[C@H]1[C@@H]2CC[C@@H](C2)[C@H]1C#N. The Bertz CT molecular complexity index is 282. The summed E-state index contributed by atoms with van der Waals surface area (Å²) in [4.78, 5) is 11.6. The molecule has 0 spiro atoms. The maximum absolute atomic E-state index is 11.6. The fourth-order valence-electron chi connectivity index (χ4n) is 3.05. The Kier molecular flexibility index (Phi) is 2.45. The number of ether oxygens (including phenoxy) is 1. The van der Waals surface area contributed by atoms with Gasteiger partial charge in [-0.1, -0.05) is 0 Å². The van der Waals surface area contributed by atoms with Crippen LogP contribution in [-0.2, 0) is 9.53 Å². The van der Waals surface area contributed by atoms with Crippen LogP contribution in [0, 0.1) is 35.0 Å². The average Bonchev–Trinajstić information content (AvgIpc) is 2.76. The van der Waals surface area contributed by atoms with Gasteiger partial charge in [0, 0.05) is 0 Å². The fraction of sp³-hybridized carbons (Fsp3) is 0.818. The van der Waals surface area contributed by atoms with Crippen LogP contribution >= 0.6 is 0 Å². The van der Waals surface area contributed by atoms with Crippen LogP contribution in [0.4, 0.5) is 0 Å². The number of nitrogens with zero attached hydrogens (tertiary/aromatic N) is 1. The van der Waals surface area contributed by atoms with E-state index in [2.05, 4.69) is 6.07 Å². The molecule has 0 saturated heterocycles. The third kappa shape index (κ3) is 1.30. The summed E-state index contributed by atoms with van der Waals surface area (Å²) < 4.78 is 5.02. The van der Waals surface area contributed by atoms with Crippen LogP contribution in [0.5, 0.6) is 0 Å². The highest BCUT2D eigenvalue weighted by atomic mass is 16.5. The molecule has 0 heterocycles. The van der Waals surface area contributed by atoms with Crippen LogP contribution in [0.15, 0.2) is 0 Å². The second kappa shape index (κ2) is 3.61. The van der Waals surface area contributed by atoms with E-state index in [4.69, 9.17) is 10.00 Å². The van der Waals surface area contributed by atoms with Crippen molar-refractivity contribution in [2.24, 2.45) is 23.7 Å². The van der Waals surface area contributed by atoms with Crippen LogP contribution in [0.25, 0.3) is 0 Å². The summed E-state index contributed by atoms with van der Waals surface area (Å²) in [5.74, 6) is 0.529. The third-order valence-corrected chi connectivity index (χ3v) is 3.62. The lowest BCUT2D eigenvalue weighted by molar-refractivity contribution is -0.151. The molecule has 0 aromatic rings. The quantitative estimate of drug-likeness (QED) is 0.627. The van der Waals surface area contributed by atoms with E-state index >= 15 is 0 Å². The van der Waals surface area contributed by atoms with E-state index in [-0.39, 0.29) is 17.8 Å². The summed E-state index contributed by atoms with van der Waals surface area (Å²) in [7, 11) is 0. The van der Waals surface area contributed by atoms with Gasteiger partial charge in [0.15, 0.2) is 0 Å². The molecule has 14 heavy (non-hydrogen) atoms. The molecule has 76 valence electrons. The summed E-state index contributed by atoms with van der Waals surface area (Å²) in [6, 6.07) is 2.28. The zero-order valence-electron chi connectivity index (χ0n) is 8.40. The zero-order valence-corrected chi connectivity index (χ0v) is 8.40. The van der Waals surface area contributed by atoms with Gasteiger partial charge in [0.2, 0.25) is 0 Å². The van der Waals surface area contributed by atoms with E-state index in [1.165, 1.54) is 0 Å². The first-order chi connectivity index (χ1) is 6.77. The number of fused-ring (bicyclic) bond motifs is 2. The first kappa shape index (κ1) is 9.51. The second-order valence-corrected chi connectivity index (χ2v) is 4.27. The molecule has 2 bridgehead atoms. The van der Waals surface area contributed by atoms with Crippen molar-refractivity contribution in [3.8, 4) is 6.07 Å². The molecule has 2 aliphatic rings. The number of hydrogen-bond acceptors (Lipinski definition) is 3. The van der Waals surface area contributed by atoms with E-state index in [0.717, 1.165) is 19.3 Å². The number of carbonyl (C=O) groups is 1. The Morgan fingerprint density at radius 1 is 1.50 bits per heavy atom. The van der Waals surface area contributed by atoms with Crippen LogP contribution in [-0.4, -0.2) is 12.6 Å². The maximum Gasteiger partial charge on any atom is 0.310 e. The van der Waals surface area contributed by atoms with Crippen molar-refractivity contribution in [3.63, 3.8) is 0 Å². The van der Waals surface area contributed by atoms with Gasteiger partial charge in [0.1, 0.15) is 0 Å². The smallest absolute Gasteiger partial charge is 0.310 e. The van der Waals surface area contributed by atoms with Crippen molar-refractivity contribution < 1.29 is 9.53 Å². The van der Waals surface area contributed by atoms with E-state index in [1.54, 1.807) is 0 Å². The van der Waals surface area contributed by atoms with Crippen LogP contribution in [0.3, 0.4) is 0 Å². The molecule has 2 saturated carbocycles. The van der Waals surface area contributed by atoms with Gasteiger partial charge in [0.05, 0.1) is 24.5 Å². The lowest BCUT2D eigenvalue weighted by atomic mass is 9.80. The summed E-state index contributed by atoms with van der Waals surface area (Å²) >= 11 is 0. The first-order valence-electron chi connectivity index (χ1n) is 5.34. The number of esters is 1. The summed E-state index contributed by atoms with van der Waals surface area (Å²) in [6.07, 6.45) is 3.28. The number of hydrogen-bond donors (Lipinski definition) is 0. The molecule has 2 rings (SSSR count). The lowest BCUT2D eigenvalue weighted by Gasteiger charge is -2.24. The standard InChI is InChI=1S/C11H15NO2/c1-2-14-11(13)10-8-4-3-7(5-8)9(10)6-12/h7-10H,2-5H2,1H3/t7-,8+,9+,10-/m0/s1. The molecule has 0 aliphatic heterocycles. The van der Waals surface area contributed by atoms with Gasteiger partial charge in [-0.25, -0.2) is 0 Å². The Morgan fingerprint density at radius 3 is 2.86 bits per heavy atom. The molecule has 0 aromatic heterocycles. The van der Waals surface area contributed by atoms with Gasteiger partial charge in [-0.3, -0.25) is 4.79 Å². The molecule has 4 atom stereocenters. The molecule has 0 aromatic carbocycles. The Morgan fingerprint density at radius 2 is 2.21 bits per heavy atom. The fourth-order valence-corrected chi connectivity index (χ4v) is 3.05. The van der Waals surface area contributed by atoms with E-state index in [1.807, 2.05) is 6.92 Å². The van der Waals surface area contributed by atoms with Gasteiger partial charge in [-0.15, -0.1) is 0 Å². The molecule has 0 radical (unpaired) electrons. The van der Waals surface area contributed by atoms with E-state index in [0.29, 0.717) is 18.4 Å². The predicted molar refractivity (Wildman–Crippen MR) is 50.1 cm³/mol. The van der Waals surface area contributed by atoms with Crippen LogP contribution in [0.1, 0.15) is 26.2 Å². The molecular formula is C11H15NO2. The first-order valence-corrected chi connectivity index (χ1v) is 5.34. The highest BCUT2D eigenvalue weighted by Crippen LogP contribution is 2.52. The van der Waals surface area contributed by atoms with Gasteiger partial charge >= 0.3 is 5.97 Å². The van der Waals surface area contributed by atoms with Gasteiger partial charge in [-0.2, -0.15) is 5.26 Å². The molecule has 0 N–H and O–H groups in total. The minimum absolute atomic E-state index is 0.0761. The normalized spacial score (nSPS) is 39.4. The second-order valence-electron chi connectivity index (χ2n) is 4.27. The molecular weight excluding hydrogens is 178 g/mol. The Hall–Kier alpha value is -1.04. The Balaban J connectivity index is 2.11. The highest BCUT2D eigenvalue weighted by Gasteiger charge is 2.51. The third-order valence-electron chi connectivity index (χ3n) is 3.62. The number of rotatable bonds is 2. The molecule has 3 heteroatoms. The maximum atomic E-state index is 11.6. The minimum Gasteiger partial charge on any atom is -0.466 e. The van der Waals surface area contributed by atoms with Gasteiger partial charge in [0.25, 0.3) is 0 Å². The van der Waals surface area contributed by atoms with Crippen molar-refractivity contribution in [2.45, 2.75) is 26.2 Å².